The van der Waals surface area contributed by atoms with E-state index in [9.17, 15) is 4.79 Å². The zero-order valence-corrected chi connectivity index (χ0v) is 15.1. The van der Waals surface area contributed by atoms with Gasteiger partial charge in [-0.2, -0.15) is 0 Å². The maximum absolute atomic E-state index is 12.0. The summed E-state index contributed by atoms with van der Waals surface area (Å²) in [6.45, 7) is 1.59. The maximum atomic E-state index is 12.0. The second-order valence-corrected chi connectivity index (χ2v) is 7.32. The number of nitrogens with one attached hydrogen (secondary N) is 1. The summed E-state index contributed by atoms with van der Waals surface area (Å²) in [4.78, 5) is 13.0. The van der Waals surface area contributed by atoms with Gasteiger partial charge in [0.1, 0.15) is 11.6 Å². The third-order valence-electron chi connectivity index (χ3n) is 4.04. The van der Waals surface area contributed by atoms with Crippen LogP contribution in [0.4, 0.5) is 0 Å². The van der Waals surface area contributed by atoms with Gasteiger partial charge in [-0.25, -0.2) is 0 Å². The molecule has 0 aliphatic carbocycles. The lowest BCUT2D eigenvalue weighted by Crippen LogP contribution is -2.28. The second-order valence-electron chi connectivity index (χ2n) is 5.84. The molecule has 0 unspecified atom stereocenters. The largest absolute Gasteiger partial charge is 0.355 e. The molecule has 0 bridgehead atoms. The van der Waals surface area contributed by atoms with Gasteiger partial charge in [-0.15, -0.1) is 22.0 Å². The number of aryl methyl sites for hydroxylation is 1. The first kappa shape index (κ1) is 17.3. The lowest BCUT2D eigenvalue weighted by Gasteiger charge is -2.08. The fourth-order valence-corrected chi connectivity index (χ4v) is 3.63. The van der Waals surface area contributed by atoms with Crippen molar-refractivity contribution in [1.82, 2.24) is 20.1 Å². The van der Waals surface area contributed by atoms with Gasteiger partial charge in [0.15, 0.2) is 0 Å². The fourth-order valence-electron chi connectivity index (χ4n) is 2.77. The van der Waals surface area contributed by atoms with Gasteiger partial charge >= 0.3 is 0 Å². The van der Waals surface area contributed by atoms with Crippen LogP contribution in [0.25, 0.3) is 0 Å². The first-order valence-corrected chi connectivity index (χ1v) is 9.65. The minimum absolute atomic E-state index is 0.0329. The molecule has 7 heteroatoms. The van der Waals surface area contributed by atoms with Gasteiger partial charge in [0, 0.05) is 35.8 Å². The molecule has 2 aromatic rings. The van der Waals surface area contributed by atoms with E-state index in [1.165, 1.54) is 31.0 Å². The molecule has 5 nitrogen and oxygen atoms in total. The molecule has 0 saturated heterocycles. The van der Waals surface area contributed by atoms with Crippen LogP contribution in [-0.2, 0) is 24.2 Å². The Balaban J connectivity index is 1.42. The summed E-state index contributed by atoms with van der Waals surface area (Å²) < 4.78 is 2.22. The molecule has 0 spiro atoms. The molecule has 1 amide bonds. The van der Waals surface area contributed by atoms with Gasteiger partial charge in [0.25, 0.3) is 0 Å². The topological polar surface area (TPSA) is 59.8 Å². The van der Waals surface area contributed by atoms with Crippen molar-refractivity contribution in [3.8, 4) is 0 Å². The number of hydrogen-bond donors (Lipinski definition) is 1. The van der Waals surface area contributed by atoms with Crippen LogP contribution < -0.4 is 5.32 Å². The smallest absolute Gasteiger partial charge is 0.230 e. The van der Waals surface area contributed by atoms with Crippen molar-refractivity contribution in [2.45, 2.75) is 43.5 Å². The Morgan fingerprint density at radius 3 is 2.88 bits per heavy atom. The van der Waals surface area contributed by atoms with Gasteiger partial charge in [0.2, 0.25) is 5.91 Å². The summed E-state index contributed by atoms with van der Waals surface area (Å²) in [5, 5.41) is 12.2. The number of aromatic nitrogens is 3. The lowest BCUT2D eigenvalue weighted by atomic mass is 10.2. The summed E-state index contributed by atoms with van der Waals surface area (Å²) >= 11 is 7.36. The SMILES string of the molecule is O=C(CSc1ccc(Cl)cc1)NCCc1nnc2n1CCCCC2. The first-order valence-electron chi connectivity index (χ1n) is 8.28. The van der Waals surface area contributed by atoms with Crippen molar-refractivity contribution < 1.29 is 4.79 Å². The van der Waals surface area contributed by atoms with E-state index in [1.54, 1.807) is 0 Å². The minimum Gasteiger partial charge on any atom is -0.355 e. The Labute approximate surface area is 151 Å². The van der Waals surface area contributed by atoms with E-state index in [4.69, 9.17) is 11.6 Å². The molecule has 128 valence electrons. The molecular weight excluding hydrogens is 344 g/mol. The molecule has 24 heavy (non-hydrogen) atoms. The van der Waals surface area contributed by atoms with Crippen LogP contribution in [0.5, 0.6) is 0 Å². The Morgan fingerprint density at radius 2 is 2.04 bits per heavy atom. The fraction of sp³-hybridized carbons (Fsp3) is 0.471. The van der Waals surface area contributed by atoms with E-state index in [0.29, 0.717) is 17.3 Å². The van der Waals surface area contributed by atoms with Gasteiger partial charge < -0.3 is 9.88 Å². The van der Waals surface area contributed by atoms with Crippen molar-refractivity contribution in [2.24, 2.45) is 0 Å². The Hall–Kier alpha value is -1.53. The molecule has 0 fully saturated rings. The second kappa shape index (κ2) is 8.53. The van der Waals surface area contributed by atoms with E-state index < -0.39 is 0 Å². The number of amides is 1. The first-order chi connectivity index (χ1) is 11.7. The van der Waals surface area contributed by atoms with Crippen LogP contribution in [0, 0.1) is 0 Å². The van der Waals surface area contributed by atoms with Crippen LogP contribution in [0.1, 0.15) is 30.9 Å². The molecule has 1 aliphatic heterocycles. The number of benzene rings is 1. The van der Waals surface area contributed by atoms with Gasteiger partial charge in [-0.3, -0.25) is 4.79 Å². The van der Waals surface area contributed by atoms with Crippen molar-refractivity contribution in [1.29, 1.82) is 0 Å². The summed E-state index contributed by atoms with van der Waals surface area (Å²) in [6, 6.07) is 7.51. The van der Waals surface area contributed by atoms with E-state index >= 15 is 0 Å². The molecular formula is C17H21ClN4OS. The Morgan fingerprint density at radius 1 is 1.21 bits per heavy atom. The van der Waals surface area contributed by atoms with Crippen LogP contribution in [0.15, 0.2) is 29.2 Å². The third kappa shape index (κ3) is 4.74. The molecule has 2 heterocycles. The summed E-state index contributed by atoms with van der Waals surface area (Å²) in [6.07, 6.45) is 5.36. The monoisotopic (exact) mass is 364 g/mol. The molecule has 1 aromatic carbocycles. The summed E-state index contributed by atoms with van der Waals surface area (Å²) in [5.74, 6) is 2.51. The van der Waals surface area contributed by atoms with Crippen LogP contribution in [0.3, 0.4) is 0 Å². The van der Waals surface area contributed by atoms with Crippen molar-refractivity contribution in [3.63, 3.8) is 0 Å². The standard InChI is InChI=1S/C17H21ClN4OS/c18-13-5-7-14(8-6-13)24-12-17(23)19-10-9-16-21-20-15-4-2-1-3-11-22(15)16/h5-8H,1-4,9-12H2,(H,19,23). The zero-order valence-electron chi connectivity index (χ0n) is 13.5. The van der Waals surface area contributed by atoms with Gasteiger partial charge in [-0.1, -0.05) is 18.0 Å². The van der Waals surface area contributed by atoms with Gasteiger partial charge in [-0.05, 0) is 37.1 Å². The number of carbonyl (C=O) groups is 1. The van der Waals surface area contributed by atoms with Crippen molar-refractivity contribution in [2.75, 3.05) is 12.3 Å². The van der Waals surface area contributed by atoms with Crippen molar-refractivity contribution >= 4 is 29.3 Å². The summed E-state index contributed by atoms with van der Waals surface area (Å²) in [5.41, 5.74) is 0. The predicted molar refractivity (Wildman–Crippen MR) is 96.5 cm³/mol. The quantitative estimate of drug-likeness (QED) is 0.800. The molecule has 0 atom stereocenters. The molecule has 1 aliphatic rings. The van der Waals surface area contributed by atoms with Crippen molar-refractivity contribution in [3.05, 3.63) is 40.9 Å². The highest BCUT2D eigenvalue weighted by Crippen LogP contribution is 2.20. The number of nitrogens with zero attached hydrogens (tertiary/aromatic N) is 3. The van der Waals surface area contributed by atoms with E-state index in [-0.39, 0.29) is 5.91 Å². The molecule has 0 saturated carbocycles. The number of carbonyl (C=O) groups excluding carboxylic acids is 1. The maximum Gasteiger partial charge on any atom is 0.230 e. The summed E-state index contributed by atoms with van der Waals surface area (Å²) in [7, 11) is 0. The Bertz CT molecular complexity index is 686. The van der Waals surface area contributed by atoms with Crippen LogP contribution in [-0.4, -0.2) is 33.0 Å². The van der Waals surface area contributed by atoms with Gasteiger partial charge in [0.05, 0.1) is 5.75 Å². The number of hydrogen-bond acceptors (Lipinski definition) is 4. The molecule has 3 rings (SSSR count). The average Bonchev–Trinajstić information content (AvgIpc) is 2.81. The normalized spacial score (nSPS) is 14.0. The van der Waals surface area contributed by atoms with E-state index in [1.807, 2.05) is 24.3 Å². The average molecular weight is 365 g/mol. The molecule has 0 radical (unpaired) electrons. The van der Waals surface area contributed by atoms with E-state index in [0.717, 1.165) is 35.9 Å². The minimum atomic E-state index is 0.0329. The number of rotatable bonds is 6. The Kier molecular flexibility index (Phi) is 6.15. The van der Waals surface area contributed by atoms with Crippen LogP contribution in [0.2, 0.25) is 5.02 Å². The highest BCUT2D eigenvalue weighted by atomic mass is 35.5. The molecule has 1 N–H and O–H groups in total. The lowest BCUT2D eigenvalue weighted by molar-refractivity contribution is -0.118. The highest BCUT2D eigenvalue weighted by Gasteiger charge is 2.14. The highest BCUT2D eigenvalue weighted by molar-refractivity contribution is 8.00. The molecule has 1 aromatic heterocycles. The van der Waals surface area contributed by atoms with E-state index in [2.05, 4.69) is 20.1 Å². The number of thioether (sulfide) groups is 1. The van der Waals surface area contributed by atoms with Crippen LogP contribution >= 0.6 is 23.4 Å². The predicted octanol–water partition coefficient (Wildman–Crippen LogP) is 3.11. The number of halogens is 1. The number of fused-ring (bicyclic) bond motifs is 1. The zero-order chi connectivity index (χ0) is 16.8. The third-order valence-corrected chi connectivity index (χ3v) is 5.30.